The molecule has 5 nitrogen and oxygen atoms in total. The van der Waals surface area contributed by atoms with E-state index >= 15 is 0 Å². The molecule has 1 heterocycles. The highest BCUT2D eigenvalue weighted by molar-refractivity contribution is 5.96. The first-order chi connectivity index (χ1) is 11.6. The molecule has 0 aromatic heterocycles. The van der Waals surface area contributed by atoms with E-state index in [0.717, 1.165) is 56.8 Å². The third-order valence-electron chi connectivity index (χ3n) is 4.59. The average molecular weight is 332 g/mol. The van der Waals surface area contributed by atoms with Crippen LogP contribution in [0.4, 0.5) is 11.4 Å². The summed E-state index contributed by atoms with van der Waals surface area (Å²) in [5.41, 5.74) is 8.82. The molecule has 134 valence electrons. The minimum atomic E-state index is 0.140. The van der Waals surface area contributed by atoms with Gasteiger partial charge in [-0.05, 0) is 70.1 Å². The second kappa shape index (κ2) is 9.64. The lowest BCUT2D eigenvalue weighted by atomic mass is 10.0. The Hall–Kier alpha value is -1.59. The maximum absolute atomic E-state index is 12.5. The summed E-state index contributed by atoms with van der Waals surface area (Å²) in [5.74, 6) is 0.140. The Morgan fingerprint density at radius 3 is 2.92 bits per heavy atom. The van der Waals surface area contributed by atoms with Crippen molar-refractivity contribution in [2.75, 3.05) is 50.4 Å². The van der Waals surface area contributed by atoms with Gasteiger partial charge in [-0.1, -0.05) is 19.4 Å². The van der Waals surface area contributed by atoms with Crippen LogP contribution in [0.2, 0.25) is 0 Å². The number of nitrogen functional groups attached to an aromatic ring is 1. The molecule has 0 aliphatic carbocycles. The van der Waals surface area contributed by atoms with E-state index in [1.54, 1.807) is 0 Å². The summed E-state index contributed by atoms with van der Waals surface area (Å²) in [5, 5.41) is 3.29. The van der Waals surface area contributed by atoms with Crippen LogP contribution in [0.25, 0.3) is 0 Å². The number of fused-ring (bicyclic) bond motifs is 1. The van der Waals surface area contributed by atoms with Crippen LogP contribution in [0, 0.1) is 0 Å². The number of amides is 1. The van der Waals surface area contributed by atoms with Crippen LogP contribution in [0.15, 0.2) is 18.2 Å². The summed E-state index contributed by atoms with van der Waals surface area (Å²) in [6.45, 7) is 6.50. The van der Waals surface area contributed by atoms with Crippen LogP contribution >= 0.6 is 0 Å². The fraction of sp³-hybridized carbons (Fsp3) is 0.632. The lowest BCUT2D eigenvalue weighted by Crippen LogP contribution is -2.41. The smallest absolute Gasteiger partial charge is 0.240 e. The molecule has 0 unspecified atom stereocenters. The number of nitrogens with two attached hydrogens (primary N) is 1. The number of carbonyl (C=O) groups is 1. The van der Waals surface area contributed by atoms with Crippen molar-refractivity contribution in [3.8, 4) is 0 Å². The van der Waals surface area contributed by atoms with Gasteiger partial charge in [0.2, 0.25) is 5.91 Å². The molecule has 1 amide bonds. The SMILES string of the molecule is CCCCN(C)CCCNCC(=O)N1CCCc2ccc(N)cc21. The third kappa shape index (κ3) is 5.49. The van der Waals surface area contributed by atoms with Crippen LogP contribution in [-0.4, -0.2) is 50.6 Å². The fourth-order valence-electron chi connectivity index (χ4n) is 3.16. The van der Waals surface area contributed by atoms with E-state index in [-0.39, 0.29) is 5.91 Å². The highest BCUT2D eigenvalue weighted by Crippen LogP contribution is 2.29. The summed E-state index contributed by atoms with van der Waals surface area (Å²) in [7, 11) is 2.16. The maximum Gasteiger partial charge on any atom is 0.240 e. The minimum Gasteiger partial charge on any atom is -0.399 e. The second-order valence-electron chi connectivity index (χ2n) is 6.72. The van der Waals surface area contributed by atoms with Gasteiger partial charge in [-0.15, -0.1) is 0 Å². The molecule has 24 heavy (non-hydrogen) atoms. The molecular formula is C19H32N4O. The standard InChI is InChI=1S/C19H32N4O/c1-3-4-11-22(2)12-6-10-21-15-19(24)23-13-5-7-16-8-9-17(20)14-18(16)23/h8-9,14,21H,3-7,10-13,15,20H2,1-2H3. The van der Waals surface area contributed by atoms with Crippen LogP contribution in [0.5, 0.6) is 0 Å². The van der Waals surface area contributed by atoms with Gasteiger partial charge in [0.25, 0.3) is 0 Å². The summed E-state index contributed by atoms with van der Waals surface area (Å²) in [4.78, 5) is 16.8. The van der Waals surface area contributed by atoms with Crippen molar-refractivity contribution in [2.24, 2.45) is 0 Å². The molecule has 1 aliphatic heterocycles. The summed E-state index contributed by atoms with van der Waals surface area (Å²) >= 11 is 0. The zero-order valence-corrected chi connectivity index (χ0v) is 15.2. The van der Waals surface area contributed by atoms with E-state index < -0.39 is 0 Å². The van der Waals surface area contributed by atoms with Gasteiger partial charge in [-0.2, -0.15) is 0 Å². The van der Waals surface area contributed by atoms with Crippen molar-refractivity contribution in [1.29, 1.82) is 0 Å². The van der Waals surface area contributed by atoms with Gasteiger partial charge in [-0.3, -0.25) is 4.79 Å². The Morgan fingerprint density at radius 2 is 2.12 bits per heavy atom. The molecule has 1 aromatic carbocycles. The molecule has 5 heteroatoms. The maximum atomic E-state index is 12.5. The van der Waals surface area contributed by atoms with Gasteiger partial charge in [0, 0.05) is 17.9 Å². The van der Waals surface area contributed by atoms with Gasteiger partial charge in [0.05, 0.1) is 6.54 Å². The average Bonchev–Trinajstić information content (AvgIpc) is 2.58. The molecule has 1 aromatic rings. The molecule has 0 radical (unpaired) electrons. The quantitative estimate of drug-likeness (QED) is 0.538. The third-order valence-corrected chi connectivity index (χ3v) is 4.59. The van der Waals surface area contributed by atoms with Crippen molar-refractivity contribution < 1.29 is 4.79 Å². The number of unbranched alkanes of at least 4 members (excludes halogenated alkanes) is 1. The molecular weight excluding hydrogens is 300 g/mol. The number of nitrogens with zero attached hydrogens (tertiary/aromatic N) is 2. The minimum absolute atomic E-state index is 0.140. The molecule has 3 N–H and O–H groups in total. The molecule has 0 saturated heterocycles. The number of nitrogens with one attached hydrogen (secondary N) is 1. The molecule has 0 atom stereocenters. The number of anilines is 2. The van der Waals surface area contributed by atoms with Crippen molar-refractivity contribution in [3.63, 3.8) is 0 Å². The highest BCUT2D eigenvalue weighted by atomic mass is 16.2. The van der Waals surface area contributed by atoms with Gasteiger partial charge in [-0.25, -0.2) is 0 Å². The van der Waals surface area contributed by atoms with Gasteiger partial charge >= 0.3 is 0 Å². The highest BCUT2D eigenvalue weighted by Gasteiger charge is 2.22. The van der Waals surface area contributed by atoms with E-state index in [2.05, 4.69) is 24.2 Å². The lowest BCUT2D eigenvalue weighted by molar-refractivity contribution is -0.117. The van der Waals surface area contributed by atoms with E-state index in [1.807, 2.05) is 23.1 Å². The normalized spacial score (nSPS) is 14.0. The molecule has 2 rings (SSSR count). The Morgan fingerprint density at radius 1 is 1.33 bits per heavy atom. The predicted octanol–water partition coefficient (Wildman–Crippen LogP) is 2.26. The largest absolute Gasteiger partial charge is 0.399 e. The zero-order valence-electron chi connectivity index (χ0n) is 15.2. The number of hydrogen-bond donors (Lipinski definition) is 2. The molecule has 0 fully saturated rings. The van der Waals surface area contributed by atoms with Crippen molar-refractivity contribution in [1.82, 2.24) is 10.2 Å². The first kappa shape index (κ1) is 18.7. The molecule has 1 aliphatic rings. The van der Waals surface area contributed by atoms with Gasteiger partial charge < -0.3 is 20.9 Å². The summed E-state index contributed by atoms with van der Waals surface area (Å²) in [6.07, 6.45) is 5.59. The van der Waals surface area contributed by atoms with E-state index in [9.17, 15) is 4.79 Å². The number of hydrogen-bond acceptors (Lipinski definition) is 4. The van der Waals surface area contributed by atoms with E-state index in [0.29, 0.717) is 6.54 Å². The Labute approximate surface area is 146 Å². The molecule has 0 bridgehead atoms. The monoisotopic (exact) mass is 332 g/mol. The van der Waals surface area contributed by atoms with Gasteiger partial charge in [0.15, 0.2) is 0 Å². The Balaban J connectivity index is 1.73. The second-order valence-corrected chi connectivity index (χ2v) is 6.72. The van der Waals surface area contributed by atoms with Crippen molar-refractivity contribution >= 4 is 17.3 Å². The van der Waals surface area contributed by atoms with Crippen LogP contribution in [0.1, 0.15) is 38.2 Å². The summed E-state index contributed by atoms with van der Waals surface area (Å²) in [6, 6.07) is 5.89. The summed E-state index contributed by atoms with van der Waals surface area (Å²) < 4.78 is 0. The fourth-order valence-corrected chi connectivity index (χ4v) is 3.16. The Bertz CT molecular complexity index is 532. The number of carbonyl (C=O) groups excluding carboxylic acids is 1. The first-order valence-corrected chi connectivity index (χ1v) is 9.20. The van der Waals surface area contributed by atoms with Crippen molar-refractivity contribution in [2.45, 2.75) is 39.0 Å². The van der Waals surface area contributed by atoms with Crippen LogP contribution in [0.3, 0.4) is 0 Å². The first-order valence-electron chi connectivity index (χ1n) is 9.20. The van der Waals surface area contributed by atoms with E-state index in [1.165, 1.54) is 18.4 Å². The molecule has 0 saturated carbocycles. The van der Waals surface area contributed by atoms with Crippen molar-refractivity contribution in [3.05, 3.63) is 23.8 Å². The van der Waals surface area contributed by atoms with Gasteiger partial charge in [0.1, 0.15) is 0 Å². The Kier molecular flexibility index (Phi) is 7.53. The zero-order chi connectivity index (χ0) is 17.4. The molecule has 0 spiro atoms. The number of rotatable bonds is 9. The van der Waals surface area contributed by atoms with E-state index in [4.69, 9.17) is 5.73 Å². The number of benzene rings is 1. The van der Waals surface area contributed by atoms with Crippen LogP contribution < -0.4 is 16.0 Å². The lowest BCUT2D eigenvalue weighted by Gasteiger charge is -2.30. The predicted molar refractivity (Wildman–Crippen MR) is 101 cm³/mol. The topological polar surface area (TPSA) is 61.6 Å². The number of aryl methyl sites for hydroxylation is 1. The van der Waals surface area contributed by atoms with Crippen LogP contribution in [-0.2, 0) is 11.2 Å².